The van der Waals surface area contributed by atoms with Gasteiger partial charge in [0.25, 0.3) is 5.69 Å². The van der Waals surface area contributed by atoms with Gasteiger partial charge in [-0.1, -0.05) is 18.2 Å². The Bertz CT molecular complexity index is 1260. The van der Waals surface area contributed by atoms with E-state index in [1.54, 1.807) is 24.0 Å². The van der Waals surface area contributed by atoms with Crippen LogP contribution in [0.3, 0.4) is 0 Å². The minimum absolute atomic E-state index is 0.0190. The number of nitro groups is 1. The van der Waals surface area contributed by atoms with Gasteiger partial charge in [-0.15, -0.1) is 0 Å². The maximum Gasteiger partial charge on any atom is 0.269 e. The van der Waals surface area contributed by atoms with Gasteiger partial charge in [-0.05, 0) is 66.4 Å². The molecule has 0 aliphatic carbocycles. The molecule has 3 aromatic rings. The third-order valence-electron chi connectivity index (χ3n) is 5.95. The van der Waals surface area contributed by atoms with Crippen molar-refractivity contribution in [1.82, 2.24) is 0 Å². The van der Waals surface area contributed by atoms with Crippen LogP contribution in [0.25, 0.3) is 11.1 Å². The molecule has 8 heteroatoms. The lowest BCUT2D eigenvalue weighted by atomic mass is 9.89. The first-order valence-electron chi connectivity index (χ1n) is 11.1. The molecule has 34 heavy (non-hydrogen) atoms. The predicted octanol–water partition coefficient (Wildman–Crippen LogP) is 5.52. The van der Waals surface area contributed by atoms with Crippen LogP contribution in [0.2, 0.25) is 0 Å². The molecule has 174 valence electrons. The summed E-state index contributed by atoms with van der Waals surface area (Å²) >= 11 is 0. The number of rotatable bonds is 5. The molecular weight excluding hydrogens is 432 g/mol. The molecule has 0 bridgehead atoms. The van der Waals surface area contributed by atoms with Crippen molar-refractivity contribution >= 4 is 34.6 Å². The summed E-state index contributed by atoms with van der Waals surface area (Å²) in [7, 11) is 0. The highest BCUT2D eigenvalue weighted by Crippen LogP contribution is 2.41. The van der Waals surface area contributed by atoms with Crippen LogP contribution in [-0.4, -0.2) is 22.8 Å². The Morgan fingerprint density at radius 3 is 2.32 bits per heavy atom. The summed E-state index contributed by atoms with van der Waals surface area (Å²) in [4.78, 5) is 36.3. The standard InChI is InChI=1S/C26H26N4O4/c1-16-13-25(28-21-8-10-23(11-9-21)30(33)34)24-15-20(7-12-26(24)29(16)18(3)32)19-5-4-6-22(14-19)27-17(2)31/h4-12,14-16,25,28H,13H2,1-3H3,(H,27,31)/t16-,25+/m0/s1. The first kappa shape index (κ1) is 23.0. The van der Waals surface area contributed by atoms with E-state index >= 15 is 0 Å². The highest BCUT2D eigenvalue weighted by atomic mass is 16.6. The quantitative estimate of drug-likeness (QED) is 0.387. The third kappa shape index (κ3) is 4.76. The average molecular weight is 459 g/mol. The lowest BCUT2D eigenvalue weighted by Gasteiger charge is -2.39. The molecule has 4 rings (SSSR count). The number of hydrogen-bond acceptors (Lipinski definition) is 5. The Balaban J connectivity index is 1.73. The zero-order chi connectivity index (χ0) is 24.4. The Hall–Kier alpha value is -4.20. The van der Waals surface area contributed by atoms with Crippen LogP contribution in [0, 0.1) is 10.1 Å². The molecule has 2 N–H and O–H groups in total. The van der Waals surface area contributed by atoms with Crippen molar-refractivity contribution in [1.29, 1.82) is 0 Å². The van der Waals surface area contributed by atoms with Crippen LogP contribution in [-0.2, 0) is 9.59 Å². The fourth-order valence-electron chi connectivity index (χ4n) is 4.52. The van der Waals surface area contributed by atoms with E-state index in [1.807, 2.05) is 43.3 Å². The van der Waals surface area contributed by atoms with Crippen molar-refractivity contribution in [3.8, 4) is 11.1 Å². The number of hydrogen-bond donors (Lipinski definition) is 2. The molecule has 1 aliphatic heterocycles. The topological polar surface area (TPSA) is 105 Å². The number of nitrogens with one attached hydrogen (secondary N) is 2. The first-order chi connectivity index (χ1) is 16.2. The number of non-ortho nitro benzene ring substituents is 1. The van der Waals surface area contributed by atoms with Gasteiger partial charge in [-0.25, -0.2) is 0 Å². The van der Waals surface area contributed by atoms with Crippen molar-refractivity contribution in [2.24, 2.45) is 0 Å². The van der Waals surface area contributed by atoms with Gasteiger partial charge in [0.15, 0.2) is 0 Å². The van der Waals surface area contributed by atoms with E-state index in [4.69, 9.17) is 0 Å². The number of amides is 2. The number of carbonyl (C=O) groups is 2. The van der Waals surface area contributed by atoms with Crippen molar-refractivity contribution in [2.45, 2.75) is 39.3 Å². The largest absolute Gasteiger partial charge is 0.378 e. The Kier molecular flexibility index (Phi) is 6.32. The number of benzene rings is 3. The summed E-state index contributed by atoms with van der Waals surface area (Å²) in [6.07, 6.45) is 0.680. The summed E-state index contributed by atoms with van der Waals surface area (Å²) in [6, 6.07) is 19.8. The molecule has 0 radical (unpaired) electrons. The second-order valence-corrected chi connectivity index (χ2v) is 8.51. The maximum atomic E-state index is 12.4. The van der Waals surface area contributed by atoms with Gasteiger partial charge in [0.2, 0.25) is 11.8 Å². The van der Waals surface area contributed by atoms with Gasteiger partial charge in [-0.2, -0.15) is 0 Å². The summed E-state index contributed by atoms with van der Waals surface area (Å²) in [6.45, 7) is 5.05. The number of anilines is 3. The maximum absolute atomic E-state index is 12.4. The smallest absolute Gasteiger partial charge is 0.269 e. The Morgan fingerprint density at radius 2 is 1.68 bits per heavy atom. The molecule has 0 unspecified atom stereocenters. The SMILES string of the molecule is CC(=O)Nc1cccc(-c2ccc3c(c2)[C@H](Nc2ccc([N+](=O)[O-])cc2)C[C@H](C)N3C(C)=O)c1. The summed E-state index contributed by atoms with van der Waals surface area (Å²) < 4.78 is 0. The number of fused-ring (bicyclic) bond motifs is 1. The zero-order valence-electron chi connectivity index (χ0n) is 19.2. The van der Waals surface area contributed by atoms with Crippen LogP contribution in [0.15, 0.2) is 66.7 Å². The summed E-state index contributed by atoms with van der Waals surface area (Å²) in [5, 5.41) is 17.3. The van der Waals surface area contributed by atoms with E-state index in [9.17, 15) is 19.7 Å². The van der Waals surface area contributed by atoms with Crippen molar-refractivity contribution in [3.63, 3.8) is 0 Å². The fourth-order valence-corrected chi connectivity index (χ4v) is 4.52. The normalized spacial score (nSPS) is 17.0. The zero-order valence-corrected chi connectivity index (χ0v) is 19.2. The number of nitro benzene ring substituents is 1. The van der Waals surface area contributed by atoms with Crippen LogP contribution < -0.4 is 15.5 Å². The summed E-state index contributed by atoms with van der Waals surface area (Å²) in [5.41, 5.74) is 5.22. The average Bonchev–Trinajstić information content (AvgIpc) is 2.78. The molecule has 8 nitrogen and oxygen atoms in total. The van der Waals surface area contributed by atoms with Crippen LogP contribution in [0.1, 0.15) is 38.8 Å². The fraction of sp³-hybridized carbons (Fsp3) is 0.231. The third-order valence-corrected chi connectivity index (χ3v) is 5.95. The molecule has 2 atom stereocenters. The van der Waals surface area contributed by atoms with Gasteiger partial charge in [-0.3, -0.25) is 19.7 Å². The second-order valence-electron chi connectivity index (χ2n) is 8.51. The van der Waals surface area contributed by atoms with Crippen LogP contribution in [0.5, 0.6) is 0 Å². The molecule has 0 spiro atoms. The van der Waals surface area contributed by atoms with Gasteiger partial charge in [0.05, 0.1) is 11.0 Å². The van der Waals surface area contributed by atoms with E-state index in [-0.39, 0.29) is 29.6 Å². The minimum atomic E-state index is -0.423. The predicted molar refractivity (Wildman–Crippen MR) is 133 cm³/mol. The lowest BCUT2D eigenvalue weighted by molar-refractivity contribution is -0.384. The monoisotopic (exact) mass is 458 g/mol. The number of nitrogens with zero attached hydrogens (tertiary/aromatic N) is 2. The van der Waals surface area contributed by atoms with E-state index in [2.05, 4.69) is 16.7 Å². The van der Waals surface area contributed by atoms with Crippen LogP contribution in [0.4, 0.5) is 22.7 Å². The van der Waals surface area contributed by atoms with E-state index in [1.165, 1.54) is 19.1 Å². The minimum Gasteiger partial charge on any atom is -0.378 e. The number of carbonyl (C=O) groups excluding carboxylic acids is 2. The van der Waals surface area contributed by atoms with Gasteiger partial charge >= 0.3 is 0 Å². The van der Waals surface area contributed by atoms with Crippen molar-refractivity contribution in [3.05, 3.63) is 82.4 Å². The molecule has 1 aliphatic rings. The molecular formula is C26H26N4O4. The highest BCUT2D eigenvalue weighted by Gasteiger charge is 2.32. The van der Waals surface area contributed by atoms with E-state index in [0.717, 1.165) is 28.1 Å². The first-order valence-corrected chi connectivity index (χ1v) is 11.1. The van der Waals surface area contributed by atoms with E-state index in [0.29, 0.717) is 12.1 Å². The van der Waals surface area contributed by atoms with Gasteiger partial charge in [0, 0.05) is 49.1 Å². The molecule has 0 saturated carbocycles. The highest BCUT2D eigenvalue weighted by molar-refractivity contribution is 5.94. The van der Waals surface area contributed by atoms with Gasteiger partial charge < -0.3 is 15.5 Å². The Morgan fingerprint density at radius 1 is 0.971 bits per heavy atom. The molecule has 3 aromatic carbocycles. The van der Waals surface area contributed by atoms with E-state index < -0.39 is 4.92 Å². The molecule has 0 fully saturated rings. The van der Waals surface area contributed by atoms with Crippen molar-refractivity contribution in [2.75, 3.05) is 15.5 Å². The Labute approximate surface area is 197 Å². The van der Waals surface area contributed by atoms with Crippen LogP contribution >= 0.6 is 0 Å². The van der Waals surface area contributed by atoms with Crippen molar-refractivity contribution < 1.29 is 14.5 Å². The lowest BCUT2D eigenvalue weighted by Crippen LogP contribution is -2.43. The summed E-state index contributed by atoms with van der Waals surface area (Å²) in [5.74, 6) is -0.163. The molecule has 0 aromatic heterocycles. The second kappa shape index (κ2) is 9.35. The molecule has 0 saturated heterocycles. The molecule has 2 amide bonds. The van der Waals surface area contributed by atoms with Gasteiger partial charge in [0.1, 0.15) is 0 Å². The molecule has 1 heterocycles.